The summed E-state index contributed by atoms with van der Waals surface area (Å²) in [5.74, 6) is -0.712. The standard InChI is InChI=1S/C19H24FN3O3S/c1-3-7-27(25,26)8-6-12-9-14-17(10-16(12)20)22-11-15(18(14)21-2)19(24)23-13-4-5-13/h9-11,13H,3-8H2,1-2H3,(H,21,22)(H,23,24). The van der Waals surface area contributed by atoms with Gasteiger partial charge >= 0.3 is 0 Å². The maximum atomic E-state index is 14.4. The molecule has 0 unspecified atom stereocenters. The summed E-state index contributed by atoms with van der Waals surface area (Å²) in [6.07, 6.45) is 4.02. The van der Waals surface area contributed by atoms with E-state index in [2.05, 4.69) is 15.6 Å². The second kappa shape index (κ2) is 7.80. The third kappa shape index (κ3) is 4.55. The zero-order valence-electron chi connectivity index (χ0n) is 15.5. The Balaban J connectivity index is 1.96. The summed E-state index contributed by atoms with van der Waals surface area (Å²) in [5, 5.41) is 6.54. The van der Waals surface area contributed by atoms with Crippen LogP contribution in [0, 0.1) is 5.82 Å². The van der Waals surface area contributed by atoms with Crippen molar-refractivity contribution in [3.8, 4) is 0 Å². The maximum Gasteiger partial charge on any atom is 0.255 e. The summed E-state index contributed by atoms with van der Waals surface area (Å²) in [6, 6.07) is 3.10. The van der Waals surface area contributed by atoms with Crippen LogP contribution in [0.25, 0.3) is 10.9 Å². The molecule has 27 heavy (non-hydrogen) atoms. The number of fused-ring (bicyclic) bond motifs is 1. The third-order valence-corrected chi connectivity index (χ3v) is 6.50. The minimum Gasteiger partial charge on any atom is -0.387 e. The Kier molecular flexibility index (Phi) is 5.64. The van der Waals surface area contributed by atoms with E-state index in [4.69, 9.17) is 0 Å². The Morgan fingerprint density at radius 1 is 1.30 bits per heavy atom. The number of aryl methyl sites for hydroxylation is 1. The summed E-state index contributed by atoms with van der Waals surface area (Å²) >= 11 is 0. The number of hydrogen-bond donors (Lipinski definition) is 2. The number of aromatic nitrogens is 1. The number of halogens is 1. The summed E-state index contributed by atoms with van der Waals surface area (Å²) in [4.78, 5) is 16.7. The van der Waals surface area contributed by atoms with Crippen molar-refractivity contribution in [2.24, 2.45) is 0 Å². The van der Waals surface area contributed by atoms with Crippen LogP contribution in [0.15, 0.2) is 18.3 Å². The van der Waals surface area contributed by atoms with Crippen LogP contribution >= 0.6 is 0 Å². The predicted molar refractivity (Wildman–Crippen MR) is 104 cm³/mol. The zero-order chi connectivity index (χ0) is 19.6. The maximum absolute atomic E-state index is 14.4. The van der Waals surface area contributed by atoms with Gasteiger partial charge < -0.3 is 10.6 Å². The molecule has 0 spiro atoms. The van der Waals surface area contributed by atoms with E-state index in [1.54, 1.807) is 20.0 Å². The van der Waals surface area contributed by atoms with Crippen molar-refractivity contribution < 1.29 is 17.6 Å². The molecule has 0 radical (unpaired) electrons. The van der Waals surface area contributed by atoms with Gasteiger partial charge in [-0.15, -0.1) is 0 Å². The molecule has 1 amide bonds. The van der Waals surface area contributed by atoms with Crippen LogP contribution < -0.4 is 10.6 Å². The van der Waals surface area contributed by atoms with E-state index < -0.39 is 15.7 Å². The first-order valence-corrected chi connectivity index (χ1v) is 11.0. The quantitative estimate of drug-likeness (QED) is 0.720. The lowest BCUT2D eigenvalue weighted by atomic mass is 10.0. The fraction of sp³-hybridized carbons (Fsp3) is 0.474. The van der Waals surface area contributed by atoms with Gasteiger partial charge in [-0.05, 0) is 37.3 Å². The van der Waals surface area contributed by atoms with Crippen molar-refractivity contribution in [2.45, 2.75) is 38.6 Å². The molecule has 2 aromatic rings. The first-order chi connectivity index (χ1) is 12.8. The van der Waals surface area contributed by atoms with E-state index in [9.17, 15) is 17.6 Å². The number of benzene rings is 1. The average molecular weight is 393 g/mol. The summed E-state index contributed by atoms with van der Waals surface area (Å²) in [5.41, 5.74) is 1.68. The highest BCUT2D eigenvalue weighted by Gasteiger charge is 2.25. The van der Waals surface area contributed by atoms with Crippen molar-refractivity contribution in [1.82, 2.24) is 10.3 Å². The topological polar surface area (TPSA) is 88.2 Å². The van der Waals surface area contributed by atoms with Crippen molar-refractivity contribution in [3.63, 3.8) is 0 Å². The Bertz CT molecular complexity index is 972. The second-order valence-corrected chi connectivity index (χ2v) is 9.21. The number of nitrogens with zero attached hydrogens (tertiary/aromatic N) is 1. The number of amides is 1. The Morgan fingerprint density at radius 2 is 2.04 bits per heavy atom. The molecule has 0 saturated heterocycles. The molecule has 6 nitrogen and oxygen atoms in total. The summed E-state index contributed by atoms with van der Waals surface area (Å²) in [7, 11) is -1.51. The lowest BCUT2D eigenvalue weighted by molar-refractivity contribution is 0.0951. The van der Waals surface area contributed by atoms with Gasteiger partial charge in [-0.3, -0.25) is 9.78 Å². The highest BCUT2D eigenvalue weighted by Crippen LogP contribution is 2.29. The minimum absolute atomic E-state index is 0.0890. The number of rotatable bonds is 8. The van der Waals surface area contributed by atoms with E-state index in [0.29, 0.717) is 34.1 Å². The fourth-order valence-electron chi connectivity index (χ4n) is 3.06. The fourth-order valence-corrected chi connectivity index (χ4v) is 4.42. The van der Waals surface area contributed by atoms with E-state index >= 15 is 0 Å². The van der Waals surface area contributed by atoms with Crippen molar-refractivity contribution in [3.05, 3.63) is 35.3 Å². The summed E-state index contributed by atoms with van der Waals surface area (Å²) in [6.45, 7) is 1.80. The highest BCUT2D eigenvalue weighted by atomic mass is 32.2. The number of carbonyl (C=O) groups is 1. The van der Waals surface area contributed by atoms with Crippen LogP contribution in [0.2, 0.25) is 0 Å². The lowest BCUT2D eigenvalue weighted by Crippen LogP contribution is -2.26. The molecule has 1 aromatic carbocycles. The molecule has 2 N–H and O–H groups in total. The molecular weight excluding hydrogens is 369 g/mol. The van der Waals surface area contributed by atoms with Gasteiger partial charge in [0.2, 0.25) is 0 Å². The van der Waals surface area contributed by atoms with Crippen LogP contribution in [0.1, 0.15) is 42.1 Å². The van der Waals surface area contributed by atoms with Crippen LogP contribution in [-0.4, -0.2) is 43.9 Å². The van der Waals surface area contributed by atoms with Crippen LogP contribution in [0.5, 0.6) is 0 Å². The number of pyridine rings is 1. The van der Waals surface area contributed by atoms with E-state index in [1.165, 1.54) is 12.3 Å². The molecule has 1 saturated carbocycles. The van der Waals surface area contributed by atoms with Crippen LogP contribution in [-0.2, 0) is 16.3 Å². The zero-order valence-corrected chi connectivity index (χ0v) is 16.3. The average Bonchev–Trinajstić information content (AvgIpc) is 3.42. The van der Waals surface area contributed by atoms with Gasteiger partial charge in [0.05, 0.1) is 22.5 Å². The van der Waals surface area contributed by atoms with Gasteiger partial charge in [0.15, 0.2) is 9.84 Å². The predicted octanol–water partition coefficient (Wildman–Crippen LogP) is 2.68. The van der Waals surface area contributed by atoms with Gasteiger partial charge in [-0.2, -0.15) is 0 Å². The Hall–Kier alpha value is -2.22. The Morgan fingerprint density at radius 3 is 2.67 bits per heavy atom. The molecule has 0 bridgehead atoms. The molecule has 1 aliphatic carbocycles. The molecule has 1 aromatic heterocycles. The van der Waals surface area contributed by atoms with Gasteiger partial charge in [-0.25, -0.2) is 12.8 Å². The van der Waals surface area contributed by atoms with Gasteiger partial charge in [-0.1, -0.05) is 6.92 Å². The molecule has 1 aliphatic rings. The van der Waals surface area contributed by atoms with Gasteiger partial charge in [0.25, 0.3) is 5.91 Å². The monoisotopic (exact) mass is 393 g/mol. The lowest BCUT2D eigenvalue weighted by Gasteiger charge is -2.14. The number of carbonyl (C=O) groups excluding carboxylic acids is 1. The molecule has 3 rings (SSSR count). The Labute approximate surface area is 158 Å². The van der Waals surface area contributed by atoms with Gasteiger partial charge in [0.1, 0.15) is 5.82 Å². The highest BCUT2D eigenvalue weighted by molar-refractivity contribution is 7.91. The van der Waals surface area contributed by atoms with E-state index in [1.807, 2.05) is 0 Å². The van der Waals surface area contributed by atoms with E-state index in [0.717, 1.165) is 12.8 Å². The first kappa shape index (κ1) is 19.5. The number of nitrogens with one attached hydrogen (secondary N) is 2. The van der Waals surface area contributed by atoms with Crippen LogP contribution in [0.3, 0.4) is 0 Å². The second-order valence-electron chi connectivity index (χ2n) is 6.91. The molecule has 1 fully saturated rings. The molecule has 0 atom stereocenters. The van der Waals surface area contributed by atoms with Gasteiger partial charge in [0, 0.05) is 36.5 Å². The molecule has 0 aliphatic heterocycles. The SMILES string of the molecule is CCCS(=O)(=O)CCc1cc2c(NC)c(C(=O)NC3CC3)cnc2cc1F. The smallest absolute Gasteiger partial charge is 0.255 e. The van der Waals surface area contributed by atoms with E-state index in [-0.39, 0.29) is 29.9 Å². The minimum atomic E-state index is -3.21. The first-order valence-electron chi connectivity index (χ1n) is 9.14. The molecule has 8 heteroatoms. The molecular formula is C19H24FN3O3S. The summed E-state index contributed by atoms with van der Waals surface area (Å²) < 4.78 is 38.3. The van der Waals surface area contributed by atoms with Crippen molar-refractivity contribution >= 4 is 32.3 Å². The normalized spacial score (nSPS) is 14.3. The number of anilines is 1. The largest absolute Gasteiger partial charge is 0.387 e. The molecule has 146 valence electrons. The number of sulfone groups is 1. The third-order valence-electron chi connectivity index (χ3n) is 4.64. The van der Waals surface area contributed by atoms with Crippen LogP contribution in [0.4, 0.5) is 10.1 Å². The number of hydrogen-bond acceptors (Lipinski definition) is 5. The van der Waals surface area contributed by atoms with Crippen molar-refractivity contribution in [1.29, 1.82) is 0 Å². The van der Waals surface area contributed by atoms with Crippen molar-refractivity contribution in [2.75, 3.05) is 23.9 Å². The molecule has 1 heterocycles.